The molecule has 0 saturated heterocycles. The number of rotatable bonds is 4. The first-order valence-electron chi connectivity index (χ1n) is 7.55. The lowest BCUT2D eigenvalue weighted by molar-refractivity contribution is -0.129. The van der Waals surface area contributed by atoms with Crippen LogP contribution in [0.3, 0.4) is 0 Å². The number of aliphatic hydroxyl groups excluding tert-OH is 1. The van der Waals surface area contributed by atoms with Crippen molar-refractivity contribution in [1.82, 2.24) is 5.43 Å². The van der Waals surface area contributed by atoms with Crippen molar-refractivity contribution in [3.63, 3.8) is 0 Å². The van der Waals surface area contributed by atoms with Crippen LogP contribution in [0.5, 0.6) is 0 Å². The van der Waals surface area contributed by atoms with Gasteiger partial charge in [0.05, 0.1) is 6.21 Å². The molecule has 23 heavy (non-hydrogen) atoms. The Hall–Kier alpha value is -2.46. The summed E-state index contributed by atoms with van der Waals surface area (Å²) >= 11 is 0. The molecule has 0 aliphatic heterocycles. The van der Waals surface area contributed by atoms with Crippen molar-refractivity contribution in [2.45, 2.75) is 33.8 Å². The van der Waals surface area contributed by atoms with Crippen LogP contribution in [0.4, 0.5) is 0 Å². The third-order valence-electron chi connectivity index (χ3n) is 4.16. The highest BCUT2D eigenvalue weighted by Crippen LogP contribution is 2.20. The van der Waals surface area contributed by atoms with Gasteiger partial charge in [-0.1, -0.05) is 36.4 Å². The van der Waals surface area contributed by atoms with E-state index in [9.17, 15) is 9.90 Å². The number of nitrogens with one attached hydrogen (secondary N) is 1. The summed E-state index contributed by atoms with van der Waals surface area (Å²) in [5.74, 6) is -0.549. The number of hydrazone groups is 1. The summed E-state index contributed by atoms with van der Waals surface area (Å²) in [4.78, 5) is 12.0. The van der Waals surface area contributed by atoms with Crippen molar-refractivity contribution in [1.29, 1.82) is 0 Å². The van der Waals surface area contributed by atoms with Crippen molar-refractivity contribution in [2.24, 2.45) is 5.10 Å². The summed E-state index contributed by atoms with van der Waals surface area (Å²) in [7, 11) is 0. The van der Waals surface area contributed by atoms with E-state index in [1.165, 1.54) is 11.1 Å². The van der Waals surface area contributed by atoms with Crippen molar-refractivity contribution < 1.29 is 9.90 Å². The van der Waals surface area contributed by atoms with Gasteiger partial charge >= 0.3 is 0 Å². The predicted octanol–water partition coefficient (Wildman–Crippen LogP) is 3.10. The zero-order chi connectivity index (χ0) is 17.0. The Morgan fingerprint density at radius 3 is 2.22 bits per heavy atom. The summed E-state index contributed by atoms with van der Waals surface area (Å²) in [6, 6.07) is 10.9. The van der Waals surface area contributed by atoms with Gasteiger partial charge in [-0.05, 0) is 55.5 Å². The number of aryl methyl sites for hydroxylation is 2. The maximum Gasteiger partial charge on any atom is 0.273 e. The SMILES string of the molecule is Cc1cc(C)c(C)c(C=NNC(=O)C(O)c2ccccc2)c1C. The topological polar surface area (TPSA) is 61.7 Å². The number of aliphatic hydroxyl groups is 1. The highest BCUT2D eigenvalue weighted by molar-refractivity contribution is 5.87. The number of carbonyl (C=O) groups excluding carboxylic acids is 1. The zero-order valence-electron chi connectivity index (χ0n) is 13.9. The van der Waals surface area contributed by atoms with Gasteiger partial charge in [-0.25, -0.2) is 5.43 Å². The summed E-state index contributed by atoms with van der Waals surface area (Å²) in [5, 5.41) is 14.0. The first kappa shape index (κ1) is 16.9. The van der Waals surface area contributed by atoms with Gasteiger partial charge in [-0.3, -0.25) is 4.79 Å². The highest BCUT2D eigenvalue weighted by Gasteiger charge is 2.16. The molecule has 4 heteroatoms. The van der Waals surface area contributed by atoms with Crippen LogP contribution in [0.15, 0.2) is 41.5 Å². The Bertz CT molecular complexity index is 711. The quantitative estimate of drug-likeness (QED) is 0.673. The second-order valence-corrected chi connectivity index (χ2v) is 5.72. The normalized spacial score (nSPS) is 12.4. The van der Waals surface area contributed by atoms with Crippen LogP contribution < -0.4 is 5.43 Å². The van der Waals surface area contributed by atoms with Gasteiger partial charge in [0.15, 0.2) is 6.10 Å². The molecular formula is C19H22N2O2. The molecule has 2 aromatic carbocycles. The van der Waals surface area contributed by atoms with E-state index in [2.05, 4.69) is 30.4 Å². The van der Waals surface area contributed by atoms with Gasteiger partial charge in [0.2, 0.25) is 0 Å². The summed E-state index contributed by atoms with van der Waals surface area (Å²) in [6.45, 7) is 8.17. The largest absolute Gasteiger partial charge is 0.378 e. The van der Waals surface area contributed by atoms with Crippen LogP contribution >= 0.6 is 0 Å². The maximum atomic E-state index is 12.0. The van der Waals surface area contributed by atoms with Gasteiger partial charge in [-0.2, -0.15) is 5.10 Å². The molecule has 0 bridgehead atoms. The standard InChI is InChI=1S/C19H22N2O2/c1-12-10-13(2)15(4)17(14(12)3)11-20-21-19(23)18(22)16-8-6-5-7-9-16/h5-11,18,22H,1-4H3,(H,21,23). The van der Waals surface area contributed by atoms with Crippen molar-refractivity contribution in [2.75, 3.05) is 0 Å². The van der Waals surface area contributed by atoms with E-state index in [-0.39, 0.29) is 0 Å². The Morgan fingerprint density at radius 2 is 1.65 bits per heavy atom. The fourth-order valence-electron chi connectivity index (χ4n) is 2.45. The Morgan fingerprint density at radius 1 is 1.09 bits per heavy atom. The second-order valence-electron chi connectivity index (χ2n) is 5.72. The number of hydrogen-bond acceptors (Lipinski definition) is 3. The van der Waals surface area contributed by atoms with Crippen molar-refractivity contribution in [3.05, 3.63) is 69.8 Å². The molecule has 1 amide bonds. The van der Waals surface area contributed by atoms with Crippen LogP contribution in [-0.2, 0) is 4.79 Å². The van der Waals surface area contributed by atoms with E-state index in [4.69, 9.17) is 0 Å². The molecule has 1 unspecified atom stereocenters. The molecule has 0 aliphatic rings. The number of nitrogens with zero attached hydrogens (tertiary/aromatic N) is 1. The van der Waals surface area contributed by atoms with Crippen LogP contribution in [0.2, 0.25) is 0 Å². The van der Waals surface area contributed by atoms with Gasteiger partial charge in [0.25, 0.3) is 5.91 Å². The van der Waals surface area contributed by atoms with Crippen LogP contribution in [-0.4, -0.2) is 17.2 Å². The minimum absolute atomic E-state index is 0.541. The molecule has 2 rings (SSSR count). The lowest BCUT2D eigenvalue weighted by atomic mass is 9.95. The third kappa shape index (κ3) is 3.85. The van der Waals surface area contributed by atoms with E-state index in [0.29, 0.717) is 5.56 Å². The maximum absolute atomic E-state index is 12.0. The monoisotopic (exact) mass is 310 g/mol. The van der Waals surface area contributed by atoms with E-state index in [0.717, 1.165) is 16.7 Å². The zero-order valence-corrected chi connectivity index (χ0v) is 13.9. The first-order chi connectivity index (χ1) is 10.9. The van der Waals surface area contributed by atoms with E-state index in [1.807, 2.05) is 19.9 Å². The van der Waals surface area contributed by atoms with Crippen molar-refractivity contribution in [3.8, 4) is 0 Å². The number of hydrogen-bond donors (Lipinski definition) is 2. The fraction of sp³-hybridized carbons (Fsp3) is 0.263. The predicted molar refractivity (Wildman–Crippen MR) is 92.5 cm³/mol. The minimum atomic E-state index is -1.23. The molecule has 2 aromatic rings. The number of benzene rings is 2. The summed E-state index contributed by atoms with van der Waals surface area (Å²) in [6.07, 6.45) is 0.412. The molecule has 0 aromatic heterocycles. The van der Waals surface area contributed by atoms with E-state index >= 15 is 0 Å². The Balaban J connectivity index is 2.12. The van der Waals surface area contributed by atoms with Gasteiger partial charge in [0, 0.05) is 5.56 Å². The molecule has 1 atom stereocenters. The molecule has 4 nitrogen and oxygen atoms in total. The van der Waals surface area contributed by atoms with Crippen LogP contribution in [0, 0.1) is 27.7 Å². The summed E-state index contributed by atoms with van der Waals surface area (Å²) in [5.41, 5.74) is 8.58. The molecule has 0 aliphatic carbocycles. The average molecular weight is 310 g/mol. The Labute approximate surface area is 136 Å². The molecule has 0 heterocycles. The first-order valence-corrected chi connectivity index (χ1v) is 7.55. The van der Waals surface area contributed by atoms with Crippen molar-refractivity contribution >= 4 is 12.1 Å². The highest BCUT2D eigenvalue weighted by atomic mass is 16.3. The smallest absolute Gasteiger partial charge is 0.273 e. The van der Waals surface area contributed by atoms with Gasteiger partial charge in [0.1, 0.15) is 0 Å². The molecular weight excluding hydrogens is 288 g/mol. The fourth-order valence-corrected chi connectivity index (χ4v) is 2.45. The second kappa shape index (κ2) is 7.20. The minimum Gasteiger partial charge on any atom is -0.378 e. The van der Waals surface area contributed by atoms with E-state index < -0.39 is 12.0 Å². The number of carbonyl (C=O) groups is 1. The summed E-state index contributed by atoms with van der Waals surface area (Å²) < 4.78 is 0. The molecule has 2 N–H and O–H groups in total. The molecule has 120 valence electrons. The third-order valence-corrected chi connectivity index (χ3v) is 4.16. The molecule has 0 radical (unpaired) electrons. The molecule has 0 spiro atoms. The Kier molecular flexibility index (Phi) is 5.29. The van der Waals surface area contributed by atoms with E-state index in [1.54, 1.807) is 30.5 Å². The van der Waals surface area contributed by atoms with Gasteiger partial charge in [-0.15, -0.1) is 0 Å². The lowest BCUT2D eigenvalue weighted by Gasteiger charge is -2.12. The average Bonchev–Trinajstić information content (AvgIpc) is 2.56. The molecule has 0 saturated carbocycles. The lowest BCUT2D eigenvalue weighted by Crippen LogP contribution is -2.25. The van der Waals surface area contributed by atoms with Crippen LogP contribution in [0.25, 0.3) is 0 Å². The molecule has 0 fully saturated rings. The number of amides is 1. The van der Waals surface area contributed by atoms with Crippen LogP contribution in [0.1, 0.15) is 39.5 Å². The van der Waals surface area contributed by atoms with Gasteiger partial charge < -0.3 is 5.11 Å².